The maximum Gasteiger partial charge on any atom is 0.120 e. The van der Waals surface area contributed by atoms with Crippen LogP contribution in [0.3, 0.4) is 0 Å². The van der Waals surface area contributed by atoms with Crippen LogP contribution in [0.1, 0.15) is 62.5 Å². The first-order valence-corrected chi connectivity index (χ1v) is 8.74. The van der Waals surface area contributed by atoms with Crippen LogP contribution in [0.25, 0.3) is 0 Å². The third kappa shape index (κ3) is 2.28. The number of hydrogen-bond acceptors (Lipinski definition) is 2. The first kappa shape index (κ1) is 13.6. The monoisotopic (exact) mass is 286 g/mol. The van der Waals surface area contributed by atoms with E-state index in [1.54, 1.807) is 0 Å². The van der Waals surface area contributed by atoms with Crippen LogP contribution >= 0.6 is 0 Å². The molecule has 2 saturated carbocycles. The highest BCUT2D eigenvalue weighted by atomic mass is 16.5. The van der Waals surface area contributed by atoms with Gasteiger partial charge in [-0.05, 0) is 55.4 Å². The number of hydrogen-bond donors (Lipinski definition) is 1. The molecule has 3 aliphatic rings. The van der Waals surface area contributed by atoms with Crippen molar-refractivity contribution in [3.63, 3.8) is 0 Å². The van der Waals surface area contributed by atoms with Gasteiger partial charge in [-0.25, -0.2) is 0 Å². The molecule has 2 nitrogen and oxygen atoms in total. The normalized spacial score (nSPS) is 30.5. The van der Waals surface area contributed by atoms with Gasteiger partial charge in [0.1, 0.15) is 11.9 Å². The van der Waals surface area contributed by atoms with Gasteiger partial charge in [0.15, 0.2) is 0 Å². The Balaban J connectivity index is 1.51. The van der Waals surface area contributed by atoms with E-state index >= 15 is 0 Å². The molecule has 1 aromatic carbocycles. The minimum Gasteiger partial charge on any atom is -0.490 e. The van der Waals surface area contributed by atoms with Gasteiger partial charge in [0.2, 0.25) is 0 Å². The molecule has 21 heavy (non-hydrogen) atoms. The van der Waals surface area contributed by atoms with E-state index in [1.807, 2.05) is 0 Å². The second-order valence-corrected chi connectivity index (χ2v) is 7.29. The molecule has 2 atom stereocenters. The molecule has 0 aromatic heterocycles. The molecule has 1 aromatic rings. The summed E-state index contributed by atoms with van der Waals surface area (Å²) in [6.07, 6.45) is 12.0. The molecule has 3 aliphatic carbocycles. The Morgan fingerprint density at radius 3 is 2.48 bits per heavy atom. The zero-order valence-electron chi connectivity index (χ0n) is 12.8. The van der Waals surface area contributed by atoms with Crippen molar-refractivity contribution in [2.24, 2.45) is 5.41 Å². The fraction of sp³-hybridized carbons (Fsp3) is 0.684. The SMILES string of the molecule is OC1CC(Oc2ccc3c(c2)CCC3)C12CCCCCC2. The molecule has 2 fully saturated rings. The number of ether oxygens (including phenoxy) is 1. The molecule has 114 valence electrons. The fourth-order valence-electron chi connectivity index (χ4n) is 4.72. The Kier molecular flexibility index (Phi) is 3.45. The average molecular weight is 286 g/mol. The van der Waals surface area contributed by atoms with Crippen LogP contribution < -0.4 is 4.74 Å². The van der Waals surface area contributed by atoms with E-state index in [0.29, 0.717) is 0 Å². The molecule has 1 spiro atoms. The van der Waals surface area contributed by atoms with Crippen molar-refractivity contribution in [2.75, 3.05) is 0 Å². The third-order valence-corrected chi connectivity index (χ3v) is 6.12. The summed E-state index contributed by atoms with van der Waals surface area (Å²) in [5, 5.41) is 10.4. The van der Waals surface area contributed by atoms with E-state index in [2.05, 4.69) is 18.2 Å². The maximum atomic E-state index is 10.4. The molecule has 2 unspecified atom stereocenters. The van der Waals surface area contributed by atoms with Crippen LogP contribution in [0.15, 0.2) is 18.2 Å². The molecule has 0 heterocycles. The summed E-state index contributed by atoms with van der Waals surface area (Å²) < 4.78 is 6.33. The smallest absolute Gasteiger partial charge is 0.120 e. The Hall–Kier alpha value is -1.02. The van der Waals surface area contributed by atoms with Crippen molar-refractivity contribution in [1.29, 1.82) is 0 Å². The van der Waals surface area contributed by atoms with Crippen LogP contribution in [-0.4, -0.2) is 17.3 Å². The zero-order chi connectivity index (χ0) is 14.3. The summed E-state index contributed by atoms with van der Waals surface area (Å²) in [5.74, 6) is 1.02. The molecule has 0 saturated heterocycles. The topological polar surface area (TPSA) is 29.5 Å². The highest BCUT2D eigenvalue weighted by Gasteiger charge is 2.55. The maximum absolute atomic E-state index is 10.4. The third-order valence-electron chi connectivity index (χ3n) is 6.12. The van der Waals surface area contributed by atoms with Crippen molar-refractivity contribution in [3.05, 3.63) is 29.3 Å². The number of aryl methyl sites for hydroxylation is 2. The van der Waals surface area contributed by atoms with Crippen molar-refractivity contribution in [3.8, 4) is 5.75 Å². The average Bonchev–Trinajstić information content (AvgIpc) is 2.79. The summed E-state index contributed by atoms with van der Waals surface area (Å²) in [6.45, 7) is 0. The van der Waals surface area contributed by atoms with Crippen LogP contribution in [0.2, 0.25) is 0 Å². The van der Waals surface area contributed by atoms with Crippen molar-refractivity contribution in [1.82, 2.24) is 0 Å². The largest absolute Gasteiger partial charge is 0.490 e. The quantitative estimate of drug-likeness (QED) is 0.889. The lowest BCUT2D eigenvalue weighted by Gasteiger charge is -2.53. The van der Waals surface area contributed by atoms with Crippen molar-refractivity contribution >= 4 is 0 Å². The lowest BCUT2D eigenvalue weighted by molar-refractivity contribution is -0.163. The van der Waals surface area contributed by atoms with Crippen LogP contribution in [-0.2, 0) is 12.8 Å². The Morgan fingerprint density at radius 2 is 1.71 bits per heavy atom. The van der Waals surface area contributed by atoms with Crippen molar-refractivity contribution < 1.29 is 9.84 Å². The van der Waals surface area contributed by atoms with E-state index < -0.39 is 0 Å². The molecule has 4 rings (SSSR count). The Labute approximate surface area is 127 Å². The molecule has 0 bridgehead atoms. The van der Waals surface area contributed by atoms with Gasteiger partial charge in [-0.2, -0.15) is 0 Å². The fourth-order valence-corrected chi connectivity index (χ4v) is 4.72. The molecule has 0 aliphatic heterocycles. The predicted octanol–water partition coefficient (Wildman–Crippen LogP) is 4.03. The van der Waals surface area contributed by atoms with Gasteiger partial charge in [-0.3, -0.25) is 0 Å². The molecule has 0 radical (unpaired) electrons. The summed E-state index contributed by atoms with van der Waals surface area (Å²) in [4.78, 5) is 0. The first-order chi connectivity index (χ1) is 10.3. The number of rotatable bonds is 2. The standard InChI is InChI=1S/C19H26O2/c20-17-13-18(19(17)10-3-1-2-4-11-19)21-16-9-8-14-6-5-7-15(14)12-16/h8-9,12,17-18,20H,1-7,10-11,13H2. The van der Waals surface area contributed by atoms with E-state index in [9.17, 15) is 5.11 Å². The van der Waals surface area contributed by atoms with Gasteiger partial charge < -0.3 is 9.84 Å². The number of aliphatic hydroxyl groups is 1. The molecular weight excluding hydrogens is 260 g/mol. The Bertz CT molecular complexity index is 514. The Morgan fingerprint density at radius 1 is 0.952 bits per heavy atom. The van der Waals surface area contributed by atoms with Crippen LogP contribution in [0, 0.1) is 5.41 Å². The number of benzene rings is 1. The predicted molar refractivity (Wildman–Crippen MR) is 83.6 cm³/mol. The van der Waals surface area contributed by atoms with Crippen molar-refractivity contribution in [2.45, 2.75) is 76.4 Å². The van der Waals surface area contributed by atoms with Gasteiger partial charge in [0.05, 0.1) is 6.10 Å². The van der Waals surface area contributed by atoms with E-state index in [-0.39, 0.29) is 17.6 Å². The van der Waals surface area contributed by atoms with Crippen LogP contribution in [0.5, 0.6) is 5.75 Å². The lowest BCUT2D eigenvalue weighted by atomic mass is 9.59. The summed E-state index contributed by atoms with van der Waals surface area (Å²) in [5.41, 5.74) is 3.03. The van der Waals surface area contributed by atoms with Gasteiger partial charge in [-0.1, -0.05) is 31.7 Å². The summed E-state index contributed by atoms with van der Waals surface area (Å²) in [7, 11) is 0. The van der Waals surface area contributed by atoms with Gasteiger partial charge in [0, 0.05) is 11.8 Å². The molecular formula is C19H26O2. The molecule has 1 N–H and O–H groups in total. The van der Waals surface area contributed by atoms with E-state index in [4.69, 9.17) is 4.74 Å². The highest BCUT2D eigenvalue weighted by Crippen LogP contribution is 2.52. The van der Waals surface area contributed by atoms with Gasteiger partial charge in [-0.15, -0.1) is 0 Å². The van der Waals surface area contributed by atoms with E-state index in [1.165, 1.54) is 56.1 Å². The second-order valence-electron chi connectivity index (χ2n) is 7.29. The molecule has 2 heteroatoms. The molecule has 0 amide bonds. The number of fused-ring (bicyclic) bond motifs is 1. The van der Waals surface area contributed by atoms with E-state index in [0.717, 1.165) is 25.0 Å². The minimum absolute atomic E-state index is 0.0511. The summed E-state index contributed by atoms with van der Waals surface area (Å²) >= 11 is 0. The minimum atomic E-state index is -0.143. The second kappa shape index (κ2) is 5.31. The van der Waals surface area contributed by atoms with Crippen LogP contribution in [0.4, 0.5) is 0 Å². The first-order valence-electron chi connectivity index (χ1n) is 8.74. The van der Waals surface area contributed by atoms with Gasteiger partial charge >= 0.3 is 0 Å². The lowest BCUT2D eigenvalue weighted by Crippen LogP contribution is -2.59. The number of aliphatic hydroxyl groups excluding tert-OH is 1. The summed E-state index contributed by atoms with van der Waals surface area (Å²) in [6, 6.07) is 6.63. The zero-order valence-corrected chi connectivity index (χ0v) is 12.8. The highest BCUT2D eigenvalue weighted by molar-refractivity contribution is 5.38. The van der Waals surface area contributed by atoms with Gasteiger partial charge in [0.25, 0.3) is 0 Å².